The van der Waals surface area contributed by atoms with Crippen LogP contribution in [0, 0.1) is 0 Å². The number of aromatic nitrogens is 1. The van der Waals surface area contributed by atoms with Crippen LogP contribution >= 0.6 is 0 Å². The molecule has 0 radical (unpaired) electrons. The third-order valence-electron chi connectivity index (χ3n) is 3.94. The minimum Gasteiger partial charge on any atom is -0.490 e. The van der Waals surface area contributed by atoms with Gasteiger partial charge in [0.2, 0.25) is 0 Å². The number of hydrogen-bond acceptors (Lipinski definition) is 4. The molecule has 1 aliphatic heterocycles. The van der Waals surface area contributed by atoms with Crippen molar-refractivity contribution in [2.75, 3.05) is 20.2 Å². The second-order valence-electron chi connectivity index (χ2n) is 5.37. The van der Waals surface area contributed by atoms with E-state index in [1.165, 1.54) is 25.8 Å². The van der Waals surface area contributed by atoms with E-state index >= 15 is 0 Å². The van der Waals surface area contributed by atoms with Gasteiger partial charge in [-0.2, -0.15) is 0 Å². The molecule has 2 rings (SSSR count). The van der Waals surface area contributed by atoms with Crippen LogP contribution < -0.4 is 10.5 Å². The van der Waals surface area contributed by atoms with Crippen molar-refractivity contribution in [3.8, 4) is 5.75 Å². The molecule has 4 nitrogen and oxygen atoms in total. The average molecular weight is 263 g/mol. The van der Waals surface area contributed by atoms with Gasteiger partial charge in [-0.1, -0.05) is 13.3 Å². The Morgan fingerprint density at radius 1 is 1.47 bits per heavy atom. The van der Waals surface area contributed by atoms with E-state index in [0.717, 1.165) is 24.5 Å². The normalized spacial score (nSPS) is 22.2. The lowest BCUT2D eigenvalue weighted by Crippen LogP contribution is -2.40. The molecule has 1 unspecified atom stereocenters. The number of nitrogens with two attached hydrogens (primary N) is 1. The molecule has 0 saturated carbocycles. The first-order valence-corrected chi connectivity index (χ1v) is 7.25. The maximum atomic E-state index is 5.94. The van der Waals surface area contributed by atoms with Crippen molar-refractivity contribution < 1.29 is 4.74 Å². The van der Waals surface area contributed by atoms with Crippen LogP contribution in [0.25, 0.3) is 0 Å². The Hall–Kier alpha value is -1.13. The highest BCUT2D eigenvalue weighted by molar-refractivity contribution is 5.21. The predicted octanol–water partition coefficient (Wildman–Crippen LogP) is 2.35. The molecule has 0 aliphatic carbocycles. The van der Waals surface area contributed by atoms with Crippen molar-refractivity contribution >= 4 is 0 Å². The highest BCUT2D eigenvalue weighted by atomic mass is 16.5. The second kappa shape index (κ2) is 6.87. The number of hydrogen-bond donors (Lipinski definition) is 1. The molecule has 1 aromatic rings. The maximum absolute atomic E-state index is 5.94. The summed E-state index contributed by atoms with van der Waals surface area (Å²) in [5.41, 5.74) is 6.88. The highest BCUT2D eigenvalue weighted by Crippen LogP contribution is 2.18. The zero-order valence-electron chi connectivity index (χ0n) is 12.0. The summed E-state index contributed by atoms with van der Waals surface area (Å²) < 4.78 is 5.84. The summed E-state index contributed by atoms with van der Waals surface area (Å²) in [6.45, 7) is 3.99. The number of likely N-dealkylation sites (N-methyl/N-ethyl adjacent to an activating group) is 1. The lowest BCUT2D eigenvalue weighted by atomic mass is 10.0. The van der Waals surface area contributed by atoms with Gasteiger partial charge in [0.05, 0.1) is 11.9 Å². The van der Waals surface area contributed by atoms with E-state index < -0.39 is 0 Å². The summed E-state index contributed by atoms with van der Waals surface area (Å²) in [6, 6.07) is 4.50. The van der Waals surface area contributed by atoms with Crippen LogP contribution in [-0.2, 0) is 0 Å². The van der Waals surface area contributed by atoms with E-state index in [0.29, 0.717) is 6.04 Å². The SMILES string of the molecule is CC[C@@H](N)c1ccc(OCC2CCCCN2C)cn1. The van der Waals surface area contributed by atoms with Crippen LogP contribution in [0.15, 0.2) is 18.3 Å². The molecule has 0 bridgehead atoms. The van der Waals surface area contributed by atoms with Crippen molar-refractivity contribution in [1.82, 2.24) is 9.88 Å². The van der Waals surface area contributed by atoms with E-state index in [2.05, 4.69) is 23.9 Å². The van der Waals surface area contributed by atoms with Gasteiger partial charge in [0, 0.05) is 12.1 Å². The van der Waals surface area contributed by atoms with Crippen LogP contribution in [0.4, 0.5) is 0 Å². The summed E-state index contributed by atoms with van der Waals surface area (Å²) in [5.74, 6) is 0.839. The fourth-order valence-corrected chi connectivity index (χ4v) is 2.45. The summed E-state index contributed by atoms with van der Waals surface area (Å²) >= 11 is 0. The van der Waals surface area contributed by atoms with Crippen molar-refractivity contribution in [3.05, 3.63) is 24.0 Å². The first-order valence-electron chi connectivity index (χ1n) is 7.25. The summed E-state index contributed by atoms with van der Waals surface area (Å²) in [6.07, 6.45) is 6.52. The van der Waals surface area contributed by atoms with Crippen LogP contribution in [0.5, 0.6) is 5.75 Å². The zero-order chi connectivity index (χ0) is 13.7. The van der Waals surface area contributed by atoms with Gasteiger partial charge in [-0.25, -0.2) is 0 Å². The Morgan fingerprint density at radius 2 is 2.32 bits per heavy atom. The molecule has 2 N–H and O–H groups in total. The van der Waals surface area contributed by atoms with E-state index in [4.69, 9.17) is 10.5 Å². The van der Waals surface area contributed by atoms with Gasteiger partial charge in [-0.3, -0.25) is 4.98 Å². The molecule has 19 heavy (non-hydrogen) atoms. The monoisotopic (exact) mass is 263 g/mol. The minimum atomic E-state index is 0.0264. The summed E-state index contributed by atoms with van der Waals surface area (Å²) in [5, 5.41) is 0. The van der Waals surface area contributed by atoms with Gasteiger partial charge in [0.15, 0.2) is 0 Å². The smallest absolute Gasteiger partial charge is 0.137 e. The van der Waals surface area contributed by atoms with E-state index in [-0.39, 0.29) is 6.04 Å². The first kappa shape index (κ1) is 14.3. The topological polar surface area (TPSA) is 51.4 Å². The Bertz CT molecular complexity index is 379. The Kier molecular flexibility index (Phi) is 5.16. The third kappa shape index (κ3) is 3.91. The summed E-state index contributed by atoms with van der Waals surface area (Å²) in [7, 11) is 2.18. The fourth-order valence-electron chi connectivity index (χ4n) is 2.45. The molecule has 1 aliphatic rings. The van der Waals surface area contributed by atoms with Crippen molar-refractivity contribution in [1.29, 1.82) is 0 Å². The van der Waals surface area contributed by atoms with Gasteiger partial charge in [-0.05, 0) is 45.0 Å². The first-order chi connectivity index (χ1) is 9.20. The lowest BCUT2D eigenvalue weighted by molar-refractivity contribution is 0.125. The molecule has 1 saturated heterocycles. The van der Waals surface area contributed by atoms with Crippen LogP contribution in [0.1, 0.15) is 44.3 Å². The van der Waals surface area contributed by atoms with E-state index in [9.17, 15) is 0 Å². The Balaban J connectivity index is 1.85. The van der Waals surface area contributed by atoms with Gasteiger partial charge >= 0.3 is 0 Å². The largest absolute Gasteiger partial charge is 0.490 e. The van der Waals surface area contributed by atoms with Crippen molar-refractivity contribution in [3.63, 3.8) is 0 Å². The Labute approximate surface area is 116 Å². The molecular weight excluding hydrogens is 238 g/mol. The maximum Gasteiger partial charge on any atom is 0.137 e. The minimum absolute atomic E-state index is 0.0264. The van der Waals surface area contributed by atoms with Gasteiger partial charge in [0.25, 0.3) is 0 Å². The molecule has 2 atom stereocenters. The molecule has 106 valence electrons. The van der Waals surface area contributed by atoms with Crippen molar-refractivity contribution in [2.24, 2.45) is 5.73 Å². The molecule has 0 spiro atoms. The van der Waals surface area contributed by atoms with Gasteiger partial charge < -0.3 is 15.4 Å². The van der Waals surface area contributed by atoms with E-state index in [1.54, 1.807) is 6.20 Å². The number of ether oxygens (including phenoxy) is 1. The zero-order valence-corrected chi connectivity index (χ0v) is 12.0. The van der Waals surface area contributed by atoms with Crippen molar-refractivity contribution in [2.45, 2.75) is 44.7 Å². The summed E-state index contributed by atoms with van der Waals surface area (Å²) in [4.78, 5) is 6.76. The van der Waals surface area contributed by atoms with Crippen LogP contribution in [-0.4, -0.2) is 36.1 Å². The fraction of sp³-hybridized carbons (Fsp3) is 0.667. The number of pyridine rings is 1. The quantitative estimate of drug-likeness (QED) is 0.886. The third-order valence-corrected chi connectivity index (χ3v) is 3.94. The van der Waals surface area contributed by atoms with Gasteiger partial charge in [0.1, 0.15) is 12.4 Å². The predicted molar refractivity (Wildman–Crippen MR) is 77.2 cm³/mol. The molecular formula is C15H25N3O. The number of piperidine rings is 1. The number of nitrogens with zero attached hydrogens (tertiary/aromatic N) is 2. The molecule has 1 aromatic heterocycles. The van der Waals surface area contributed by atoms with Crippen LogP contribution in [0.2, 0.25) is 0 Å². The average Bonchev–Trinajstić information content (AvgIpc) is 2.46. The van der Waals surface area contributed by atoms with Gasteiger partial charge in [-0.15, -0.1) is 0 Å². The van der Waals surface area contributed by atoms with E-state index in [1.807, 2.05) is 12.1 Å². The molecule has 2 heterocycles. The Morgan fingerprint density at radius 3 is 2.95 bits per heavy atom. The second-order valence-corrected chi connectivity index (χ2v) is 5.37. The molecule has 0 aromatic carbocycles. The highest BCUT2D eigenvalue weighted by Gasteiger charge is 2.19. The molecule has 0 amide bonds. The number of likely N-dealkylation sites (tertiary alicyclic amines) is 1. The van der Waals surface area contributed by atoms with Crippen LogP contribution in [0.3, 0.4) is 0 Å². The number of rotatable bonds is 5. The standard InChI is InChI=1S/C15H25N3O/c1-3-14(16)15-8-7-13(10-17-15)19-11-12-6-4-5-9-18(12)2/h7-8,10,12,14H,3-6,9,11,16H2,1-2H3/t12?,14-/m1/s1. The lowest BCUT2D eigenvalue weighted by Gasteiger charge is -2.32. The molecule has 1 fully saturated rings. The molecule has 4 heteroatoms.